The number of carbonyl (C=O) groups excluding carboxylic acids is 1. The summed E-state index contributed by atoms with van der Waals surface area (Å²) >= 11 is 1.70. The Hall–Kier alpha value is -2.87. The predicted octanol–water partition coefficient (Wildman–Crippen LogP) is 3.07. The number of fused-ring (bicyclic) bond motifs is 1. The van der Waals surface area contributed by atoms with E-state index < -0.39 is 0 Å². The molecule has 31 heavy (non-hydrogen) atoms. The molecule has 0 bridgehead atoms. The minimum atomic E-state index is -0.167. The Bertz CT molecular complexity index is 1130. The lowest BCUT2D eigenvalue weighted by molar-refractivity contribution is -0.125. The molecule has 1 fully saturated rings. The van der Waals surface area contributed by atoms with Crippen LogP contribution in [-0.4, -0.2) is 39.8 Å². The van der Waals surface area contributed by atoms with Gasteiger partial charge in [-0.15, -0.1) is 11.8 Å². The van der Waals surface area contributed by atoms with Gasteiger partial charge in [-0.3, -0.25) is 14.2 Å². The van der Waals surface area contributed by atoms with Crippen LogP contribution in [0.3, 0.4) is 0 Å². The van der Waals surface area contributed by atoms with Crippen LogP contribution in [0.15, 0.2) is 52.3 Å². The molecule has 1 saturated heterocycles. The third-order valence-electron chi connectivity index (χ3n) is 5.72. The number of aryl methyl sites for hydroxylation is 1. The Kier molecular flexibility index (Phi) is 6.56. The molecule has 8 heteroatoms. The maximum absolute atomic E-state index is 13.1. The lowest BCUT2D eigenvalue weighted by Crippen LogP contribution is -2.45. The first kappa shape index (κ1) is 21.4. The quantitative estimate of drug-likeness (QED) is 0.597. The monoisotopic (exact) mass is 437 g/mol. The number of benzene rings is 1. The zero-order chi connectivity index (χ0) is 21.8. The molecule has 3 heterocycles. The summed E-state index contributed by atoms with van der Waals surface area (Å²) < 4.78 is 1.65. The van der Waals surface area contributed by atoms with Crippen molar-refractivity contribution in [2.45, 2.75) is 37.8 Å². The molecule has 1 aromatic carbocycles. The van der Waals surface area contributed by atoms with Crippen LogP contribution in [0.5, 0.6) is 0 Å². The maximum Gasteiger partial charge on any atom is 0.295 e. The summed E-state index contributed by atoms with van der Waals surface area (Å²) in [5.74, 6) is 0.268. The third-order valence-corrected chi connectivity index (χ3v) is 6.46. The molecule has 4 rings (SSSR count). The van der Waals surface area contributed by atoms with E-state index in [4.69, 9.17) is 0 Å². The van der Waals surface area contributed by atoms with E-state index in [0.29, 0.717) is 36.6 Å². The van der Waals surface area contributed by atoms with Crippen molar-refractivity contribution < 1.29 is 4.79 Å². The SMILES string of the molecule is CCn1c(=O)c(N2CCC[C@@H](C(=O)NCc3ccc(SC)cc3)C2)nc2cccnc21. The minimum absolute atomic E-state index is 0.0249. The first-order valence-corrected chi connectivity index (χ1v) is 11.8. The second-order valence-corrected chi connectivity index (χ2v) is 8.56. The molecule has 0 radical (unpaired) electrons. The van der Waals surface area contributed by atoms with Gasteiger partial charge in [0.2, 0.25) is 5.91 Å². The van der Waals surface area contributed by atoms with E-state index in [-0.39, 0.29) is 17.4 Å². The van der Waals surface area contributed by atoms with Crippen molar-refractivity contribution in [3.8, 4) is 0 Å². The van der Waals surface area contributed by atoms with Crippen LogP contribution in [0.4, 0.5) is 5.82 Å². The molecule has 1 aliphatic heterocycles. The largest absolute Gasteiger partial charge is 0.352 e. The second-order valence-electron chi connectivity index (χ2n) is 7.68. The molecular weight excluding hydrogens is 410 g/mol. The molecular formula is C23H27N5O2S. The highest BCUT2D eigenvalue weighted by atomic mass is 32.2. The van der Waals surface area contributed by atoms with Crippen LogP contribution in [0.25, 0.3) is 11.2 Å². The number of anilines is 1. The van der Waals surface area contributed by atoms with E-state index in [1.165, 1.54) is 4.90 Å². The Morgan fingerprint density at radius 3 is 2.81 bits per heavy atom. The molecule has 0 spiro atoms. The van der Waals surface area contributed by atoms with Crippen LogP contribution in [0.2, 0.25) is 0 Å². The van der Waals surface area contributed by atoms with Crippen molar-refractivity contribution in [1.29, 1.82) is 0 Å². The number of rotatable bonds is 6. The molecule has 0 aliphatic carbocycles. The van der Waals surface area contributed by atoms with Gasteiger partial charge in [0.1, 0.15) is 5.52 Å². The van der Waals surface area contributed by atoms with Crippen LogP contribution < -0.4 is 15.8 Å². The van der Waals surface area contributed by atoms with Gasteiger partial charge in [-0.1, -0.05) is 12.1 Å². The average Bonchev–Trinajstić information content (AvgIpc) is 2.82. The fourth-order valence-electron chi connectivity index (χ4n) is 4.02. The fraction of sp³-hybridized carbons (Fsp3) is 0.391. The van der Waals surface area contributed by atoms with Crippen molar-refractivity contribution in [3.63, 3.8) is 0 Å². The number of pyridine rings is 1. The van der Waals surface area contributed by atoms with Crippen molar-refractivity contribution in [3.05, 3.63) is 58.5 Å². The molecule has 162 valence electrons. The van der Waals surface area contributed by atoms with Gasteiger partial charge in [-0.25, -0.2) is 9.97 Å². The van der Waals surface area contributed by atoms with Gasteiger partial charge in [0.15, 0.2) is 11.5 Å². The van der Waals surface area contributed by atoms with Gasteiger partial charge in [0, 0.05) is 37.3 Å². The fourth-order valence-corrected chi connectivity index (χ4v) is 4.43. The number of thioether (sulfide) groups is 1. The smallest absolute Gasteiger partial charge is 0.295 e. The van der Waals surface area contributed by atoms with Gasteiger partial charge in [0.05, 0.1) is 5.92 Å². The Morgan fingerprint density at radius 1 is 1.26 bits per heavy atom. The van der Waals surface area contributed by atoms with Crippen LogP contribution in [0, 0.1) is 5.92 Å². The zero-order valence-electron chi connectivity index (χ0n) is 17.9. The van der Waals surface area contributed by atoms with Gasteiger partial charge < -0.3 is 10.2 Å². The van der Waals surface area contributed by atoms with Crippen molar-refractivity contribution in [2.75, 3.05) is 24.2 Å². The van der Waals surface area contributed by atoms with Gasteiger partial charge in [0.25, 0.3) is 5.56 Å². The topological polar surface area (TPSA) is 80.1 Å². The van der Waals surface area contributed by atoms with Crippen molar-refractivity contribution >= 4 is 34.7 Å². The van der Waals surface area contributed by atoms with Crippen molar-refractivity contribution in [2.24, 2.45) is 5.92 Å². The predicted molar refractivity (Wildman–Crippen MR) is 124 cm³/mol. The van der Waals surface area contributed by atoms with E-state index in [9.17, 15) is 9.59 Å². The first-order chi connectivity index (χ1) is 15.1. The van der Waals surface area contributed by atoms with E-state index in [2.05, 4.69) is 27.4 Å². The summed E-state index contributed by atoms with van der Waals surface area (Å²) in [4.78, 5) is 38.0. The van der Waals surface area contributed by atoms with E-state index in [1.807, 2.05) is 42.3 Å². The summed E-state index contributed by atoms with van der Waals surface area (Å²) in [6.07, 6.45) is 5.37. The van der Waals surface area contributed by atoms with Crippen LogP contribution >= 0.6 is 11.8 Å². The van der Waals surface area contributed by atoms with Gasteiger partial charge in [-0.2, -0.15) is 0 Å². The Labute approximate surface area is 185 Å². The molecule has 0 saturated carbocycles. The normalized spacial score (nSPS) is 16.5. The third kappa shape index (κ3) is 4.58. The highest BCUT2D eigenvalue weighted by molar-refractivity contribution is 7.98. The molecule has 2 aromatic heterocycles. The summed E-state index contributed by atoms with van der Waals surface area (Å²) in [6.45, 7) is 4.17. The van der Waals surface area contributed by atoms with Crippen LogP contribution in [0.1, 0.15) is 25.3 Å². The van der Waals surface area contributed by atoms with Crippen LogP contribution in [-0.2, 0) is 17.9 Å². The first-order valence-electron chi connectivity index (χ1n) is 10.6. The van der Waals surface area contributed by atoms with E-state index in [1.54, 1.807) is 22.5 Å². The van der Waals surface area contributed by atoms with Crippen molar-refractivity contribution in [1.82, 2.24) is 19.9 Å². The maximum atomic E-state index is 13.1. The molecule has 1 aliphatic rings. The van der Waals surface area contributed by atoms with E-state index in [0.717, 1.165) is 24.9 Å². The Balaban J connectivity index is 1.48. The molecule has 1 atom stereocenters. The molecule has 7 nitrogen and oxygen atoms in total. The number of hydrogen-bond donors (Lipinski definition) is 1. The van der Waals surface area contributed by atoms with Gasteiger partial charge in [-0.05, 0) is 55.9 Å². The molecule has 3 aromatic rings. The molecule has 0 unspecified atom stereocenters. The summed E-state index contributed by atoms with van der Waals surface area (Å²) in [5, 5.41) is 3.06. The summed E-state index contributed by atoms with van der Waals surface area (Å²) in [5.41, 5.74) is 2.22. The Morgan fingerprint density at radius 2 is 2.06 bits per heavy atom. The number of carbonyl (C=O) groups is 1. The second kappa shape index (κ2) is 9.51. The number of nitrogens with zero attached hydrogens (tertiary/aromatic N) is 4. The molecule has 1 N–H and O–H groups in total. The minimum Gasteiger partial charge on any atom is -0.352 e. The number of piperidine rings is 1. The number of aromatic nitrogens is 3. The summed E-state index contributed by atoms with van der Waals surface area (Å²) in [7, 11) is 0. The standard InChI is InChI=1S/C23H27N5O2S/c1-3-28-20-19(7-4-12-24-20)26-21(23(28)30)27-13-5-6-17(15-27)22(29)25-14-16-8-10-18(31-2)11-9-16/h4,7-12,17H,3,5-6,13-15H2,1-2H3,(H,25,29)/t17-/m1/s1. The highest BCUT2D eigenvalue weighted by Crippen LogP contribution is 2.22. The number of hydrogen-bond acceptors (Lipinski definition) is 6. The lowest BCUT2D eigenvalue weighted by atomic mass is 9.97. The number of nitrogens with one attached hydrogen (secondary N) is 1. The summed E-state index contributed by atoms with van der Waals surface area (Å²) in [6, 6.07) is 11.9. The van der Waals surface area contributed by atoms with E-state index >= 15 is 0 Å². The average molecular weight is 438 g/mol. The lowest BCUT2D eigenvalue weighted by Gasteiger charge is -2.32. The zero-order valence-corrected chi connectivity index (χ0v) is 18.7. The highest BCUT2D eigenvalue weighted by Gasteiger charge is 2.28. The number of amides is 1. The van der Waals surface area contributed by atoms with Gasteiger partial charge >= 0.3 is 0 Å². The molecule has 1 amide bonds.